The average molecular weight is 205 g/mol. The molecule has 0 aliphatic rings. The molecular formula is C12H12FNO. The standard InChI is InChI=1S/C12H12FNO/c1-2-9-4-6-12(15-9)10-5-3-8(14)7-11(10)13/h3-7H,2,14H2,1H3. The van der Waals surface area contributed by atoms with Crippen molar-refractivity contribution in [1.29, 1.82) is 0 Å². The number of benzene rings is 1. The van der Waals surface area contributed by atoms with Crippen LogP contribution in [0, 0.1) is 5.82 Å². The highest BCUT2D eigenvalue weighted by Gasteiger charge is 2.09. The molecule has 0 aliphatic carbocycles. The number of hydrogen-bond acceptors (Lipinski definition) is 2. The van der Waals surface area contributed by atoms with Gasteiger partial charge in [-0.15, -0.1) is 0 Å². The normalized spacial score (nSPS) is 10.5. The largest absolute Gasteiger partial charge is 0.461 e. The van der Waals surface area contributed by atoms with Gasteiger partial charge in [-0.2, -0.15) is 0 Å². The number of rotatable bonds is 2. The molecule has 15 heavy (non-hydrogen) atoms. The molecule has 0 atom stereocenters. The predicted octanol–water partition coefficient (Wildman–Crippen LogP) is 3.23. The summed E-state index contributed by atoms with van der Waals surface area (Å²) in [4.78, 5) is 0. The van der Waals surface area contributed by atoms with Crippen LogP contribution in [-0.4, -0.2) is 0 Å². The lowest BCUT2D eigenvalue weighted by atomic mass is 10.1. The van der Waals surface area contributed by atoms with Gasteiger partial charge in [-0.1, -0.05) is 6.92 Å². The van der Waals surface area contributed by atoms with Gasteiger partial charge in [0.1, 0.15) is 17.3 Å². The maximum Gasteiger partial charge on any atom is 0.137 e. The second-order valence-corrected chi connectivity index (χ2v) is 3.36. The second-order valence-electron chi connectivity index (χ2n) is 3.36. The third-order valence-corrected chi connectivity index (χ3v) is 2.27. The van der Waals surface area contributed by atoms with Gasteiger partial charge in [-0.05, 0) is 30.3 Å². The van der Waals surface area contributed by atoms with Gasteiger partial charge >= 0.3 is 0 Å². The summed E-state index contributed by atoms with van der Waals surface area (Å²) in [6.45, 7) is 1.99. The molecule has 0 saturated carbocycles. The molecule has 2 aromatic rings. The van der Waals surface area contributed by atoms with Gasteiger partial charge in [0.2, 0.25) is 0 Å². The lowest BCUT2D eigenvalue weighted by molar-refractivity contribution is 0.523. The van der Waals surface area contributed by atoms with Crippen molar-refractivity contribution in [3.63, 3.8) is 0 Å². The van der Waals surface area contributed by atoms with E-state index in [9.17, 15) is 4.39 Å². The number of aryl methyl sites for hydroxylation is 1. The van der Waals surface area contributed by atoms with Crippen LogP contribution >= 0.6 is 0 Å². The van der Waals surface area contributed by atoms with Crippen LogP contribution in [-0.2, 0) is 6.42 Å². The van der Waals surface area contributed by atoms with E-state index in [-0.39, 0.29) is 5.82 Å². The Balaban J connectivity index is 2.44. The molecule has 0 aliphatic heterocycles. The first-order valence-electron chi connectivity index (χ1n) is 4.85. The van der Waals surface area contributed by atoms with Crippen molar-refractivity contribution in [3.8, 4) is 11.3 Å². The van der Waals surface area contributed by atoms with Crippen LogP contribution in [0.5, 0.6) is 0 Å². The lowest BCUT2D eigenvalue weighted by Gasteiger charge is -2.00. The summed E-state index contributed by atoms with van der Waals surface area (Å²) in [5, 5.41) is 0. The van der Waals surface area contributed by atoms with Crippen molar-refractivity contribution in [2.45, 2.75) is 13.3 Å². The van der Waals surface area contributed by atoms with Crippen LogP contribution in [0.15, 0.2) is 34.7 Å². The zero-order valence-electron chi connectivity index (χ0n) is 8.46. The number of anilines is 1. The SMILES string of the molecule is CCc1ccc(-c2ccc(N)cc2F)o1. The Morgan fingerprint density at radius 3 is 2.67 bits per heavy atom. The van der Waals surface area contributed by atoms with Crippen molar-refractivity contribution in [3.05, 3.63) is 41.9 Å². The third kappa shape index (κ3) is 1.86. The Morgan fingerprint density at radius 2 is 2.07 bits per heavy atom. The van der Waals surface area contributed by atoms with Crippen molar-refractivity contribution in [2.75, 3.05) is 5.73 Å². The number of nitrogen functional groups attached to an aromatic ring is 1. The first kappa shape index (κ1) is 9.77. The summed E-state index contributed by atoms with van der Waals surface area (Å²) in [5.74, 6) is 1.04. The topological polar surface area (TPSA) is 39.2 Å². The highest BCUT2D eigenvalue weighted by atomic mass is 19.1. The van der Waals surface area contributed by atoms with Crippen molar-refractivity contribution < 1.29 is 8.81 Å². The zero-order valence-corrected chi connectivity index (χ0v) is 8.46. The minimum absolute atomic E-state index is 0.355. The van der Waals surface area contributed by atoms with E-state index in [2.05, 4.69) is 0 Å². The summed E-state index contributed by atoms with van der Waals surface area (Å²) < 4.78 is 19.0. The number of furan rings is 1. The zero-order chi connectivity index (χ0) is 10.8. The fourth-order valence-electron chi connectivity index (χ4n) is 1.44. The maximum atomic E-state index is 13.5. The van der Waals surface area contributed by atoms with E-state index in [1.807, 2.05) is 13.0 Å². The maximum absolute atomic E-state index is 13.5. The molecular weight excluding hydrogens is 193 g/mol. The molecule has 2 N–H and O–H groups in total. The van der Waals surface area contributed by atoms with Crippen molar-refractivity contribution in [1.82, 2.24) is 0 Å². The number of hydrogen-bond donors (Lipinski definition) is 1. The Bertz CT molecular complexity index is 476. The quantitative estimate of drug-likeness (QED) is 0.764. The minimum Gasteiger partial charge on any atom is -0.461 e. The Labute approximate surface area is 87.5 Å². The molecule has 1 heterocycles. The molecule has 78 valence electrons. The minimum atomic E-state index is -0.355. The number of halogens is 1. The van der Waals surface area contributed by atoms with E-state index in [1.165, 1.54) is 6.07 Å². The predicted molar refractivity (Wildman–Crippen MR) is 57.9 cm³/mol. The van der Waals surface area contributed by atoms with Crippen molar-refractivity contribution in [2.24, 2.45) is 0 Å². The third-order valence-electron chi connectivity index (χ3n) is 2.27. The van der Waals surface area contributed by atoms with Gasteiger partial charge < -0.3 is 10.2 Å². The van der Waals surface area contributed by atoms with Gasteiger partial charge in [0.15, 0.2) is 0 Å². The van der Waals surface area contributed by atoms with Gasteiger partial charge in [0.05, 0.1) is 5.56 Å². The molecule has 2 rings (SSSR count). The van der Waals surface area contributed by atoms with Gasteiger partial charge in [0, 0.05) is 12.1 Å². The fourth-order valence-corrected chi connectivity index (χ4v) is 1.44. The summed E-state index contributed by atoms with van der Waals surface area (Å²) in [7, 11) is 0. The fraction of sp³-hybridized carbons (Fsp3) is 0.167. The number of nitrogens with two attached hydrogens (primary N) is 1. The molecule has 0 fully saturated rings. The summed E-state index contributed by atoms with van der Waals surface area (Å²) in [6.07, 6.45) is 0.802. The summed E-state index contributed by atoms with van der Waals surface area (Å²) in [6, 6.07) is 8.21. The highest BCUT2D eigenvalue weighted by Crippen LogP contribution is 2.26. The molecule has 3 heteroatoms. The molecule has 0 bridgehead atoms. The molecule has 0 amide bonds. The Hall–Kier alpha value is -1.77. The average Bonchev–Trinajstić information content (AvgIpc) is 2.66. The first-order chi connectivity index (χ1) is 7.20. The van der Waals surface area contributed by atoms with E-state index in [0.29, 0.717) is 17.0 Å². The van der Waals surface area contributed by atoms with E-state index >= 15 is 0 Å². The molecule has 0 radical (unpaired) electrons. The molecule has 2 nitrogen and oxygen atoms in total. The first-order valence-corrected chi connectivity index (χ1v) is 4.85. The van der Waals surface area contributed by atoms with Crippen LogP contribution in [0.3, 0.4) is 0 Å². The second kappa shape index (κ2) is 3.77. The summed E-state index contributed by atoms with van der Waals surface area (Å²) >= 11 is 0. The Kier molecular flexibility index (Phi) is 2.46. The van der Waals surface area contributed by atoms with Crippen LogP contribution in [0.2, 0.25) is 0 Å². The van der Waals surface area contributed by atoms with Crippen LogP contribution < -0.4 is 5.73 Å². The molecule has 0 spiro atoms. The van der Waals surface area contributed by atoms with Crippen LogP contribution in [0.25, 0.3) is 11.3 Å². The van der Waals surface area contributed by atoms with Gasteiger partial charge in [-0.25, -0.2) is 4.39 Å². The summed E-state index contributed by atoms with van der Waals surface area (Å²) in [5.41, 5.74) is 6.33. The monoisotopic (exact) mass is 205 g/mol. The van der Waals surface area contributed by atoms with E-state index in [4.69, 9.17) is 10.2 Å². The molecule has 0 unspecified atom stereocenters. The van der Waals surface area contributed by atoms with E-state index in [0.717, 1.165) is 12.2 Å². The van der Waals surface area contributed by atoms with E-state index < -0.39 is 0 Å². The lowest BCUT2D eigenvalue weighted by Crippen LogP contribution is -1.88. The molecule has 1 aromatic carbocycles. The van der Waals surface area contributed by atoms with Gasteiger partial charge in [0.25, 0.3) is 0 Å². The highest BCUT2D eigenvalue weighted by molar-refractivity contribution is 5.61. The molecule has 1 aromatic heterocycles. The molecule has 0 saturated heterocycles. The van der Waals surface area contributed by atoms with E-state index in [1.54, 1.807) is 18.2 Å². The van der Waals surface area contributed by atoms with Crippen molar-refractivity contribution >= 4 is 5.69 Å². The Morgan fingerprint density at radius 1 is 1.27 bits per heavy atom. The van der Waals surface area contributed by atoms with Gasteiger partial charge in [-0.3, -0.25) is 0 Å². The van der Waals surface area contributed by atoms with Crippen LogP contribution in [0.4, 0.5) is 10.1 Å². The van der Waals surface area contributed by atoms with Crippen LogP contribution in [0.1, 0.15) is 12.7 Å². The smallest absolute Gasteiger partial charge is 0.137 e.